The summed E-state index contributed by atoms with van der Waals surface area (Å²) in [6.07, 6.45) is 12.9. The van der Waals surface area contributed by atoms with Crippen molar-refractivity contribution in [3.8, 4) is 0 Å². The van der Waals surface area contributed by atoms with Gasteiger partial charge in [-0.2, -0.15) is 11.8 Å². The largest absolute Gasteiger partial charge is 0.356 e. The topological polar surface area (TPSA) is 70.4 Å². The molecule has 1 aromatic rings. The van der Waals surface area contributed by atoms with Gasteiger partial charge in [0, 0.05) is 39.3 Å². The summed E-state index contributed by atoms with van der Waals surface area (Å²) in [4.78, 5) is 7.52. The van der Waals surface area contributed by atoms with Gasteiger partial charge in [0.25, 0.3) is 0 Å². The maximum atomic E-state index is 4.82. The third-order valence-corrected chi connectivity index (χ3v) is 7.25. The molecule has 1 saturated carbocycles. The Kier molecular flexibility index (Phi) is 9.78. The number of hydrogen-bond donors (Lipinski definition) is 2. The van der Waals surface area contributed by atoms with Crippen LogP contribution in [0.3, 0.4) is 0 Å². The third-order valence-electron chi connectivity index (χ3n) is 6.55. The number of piperidine rings is 1. The molecule has 3 rings (SSSR count). The van der Waals surface area contributed by atoms with Crippen molar-refractivity contribution in [3.63, 3.8) is 0 Å². The molecule has 170 valence electrons. The number of rotatable bonds is 9. The van der Waals surface area contributed by atoms with Crippen LogP contribution in [0.5, 0.6) is 0 Å². The highest BCUT2D eigenvalue weighted by atomic mass is 32.2. The van der Waals surface area contributed by atoms with Gasteiger partial charge in [-0.15, -0.1) is 10.2 Å². The molecule has 2 heterocycles. The lowest BCUT2D eigenvalue weighted by Gasteiger charge is -2.36. The predicted octanol–water partition coefficient (Wildman–Crippen LogP) is 2.96. The first kappa shape index (κ1) is 23.4. The molecule has 8 heteroatoms. The van der Waals surface area contributed by atoms with Crippen molar-refractivity contribution in [1.82, 2.24) is 30.3 Å². The molecule has 1 aromatic heterocycles. The molecule has 1 aliphatic carbocycles. The zero-order valence-corrected chi connectivity index (χ0v) is 20.0. The average molecular weight is 436 g/mol. The minimum absolute atomic E-state index is 0.501. The Labute approximate surface area is 186 Å². The second-order valence-electron chi connectivity index (χ2n) is 8.88. The zero-order chi connectivity index (χ0) is 21.2. The highest BCUT2D eigenvalue weighted by molar-refractivity contribution is 7.98. The molecule has 7 nitrogen and oxygen atoms in total. The van der Waals surface area contributed by atoms with Gasteiger partial charge in [-0.05, 0) is 57.0 Å². The van der Waals surface area contributed by atoms with Gasteiger partial charge < -0.3 is 20.1 Å². The van der Waals surface area contributed by atoms with Crippen molar-refractivity contribution < 1.29 is 0 Å². The van der Waals surface area contributed by atoms with Crippen LogP contribution in [0.25, 0.3) is 0 Å². The molecule has 1 saturated heterocycles. The van der Waals surface area contributed by atoms with Gasteiger partial charge in [0.15, 0.2) is 11.8 Å². The SMILES string of the molecule is CSCCCNC(=NCc1nnc(C)n1C)NC1CCN(CC2CCCCC2)CC1. The highest BCUT2D eigenvalue weighted by Crippen LogP contribution is 2.25. The van der Waals surface area contributed by atoms with Crippen LogP contribution in [-0.4, -0.2) is 69.9 Å². The molecule has 2 N–H and O–H groups in total. The van der Waals surface area contributed by atoms with Crippen LogP contribution in [0.15, 0.2) is 4.99 Å². The van der Waals surface area contributed by atoms with E-state index < -0.39 is 0 Å². The summed E-state index contributed by atoms with van der Waals surface area (Å²) in [5.74, 6) is 4.85. The molecule has 0 bridgehead atoms. The molecule has 30 heavy (non-hydrogen) atoms. The Balaban J connectivity index is 1.48. The number of likely N-dealkylation sites (tertiary alicyclic amines) is 1. The smallest absolute Gasteiger partial charge is 0.191 e. The van der Waals surface area contributed by atoms with Gasteiger partial charge in [0.2, 0.25) is 0 Å². The summed E-state index contributed by atoms with van der Waals surface area (Å²) >= 11 is 1.89. The van der Waals surface area contributed by atoms with Gasteiger partial charge >= 0.3 is 0 Å². The minimum atomic E-state index is 0.501. The van der Waals surface area contributed by atoms with Crippen LogP contribution in [0.2, 0.25) is 0 Å². The van der Waals surface area contributed by atoms with Crippen LogP contribution in [0.1, 0.15) is 63.0 Å². The fraction of sp³-hybridized carbons (Fsp3) is 0.864. The minimum Gasteiger partial charge on any atom is -0.356 e. The highest BCUT2D eigenvalue weighted by Gasteiger charge is 2.23. The van der Waals surface area contributed by atoms with Gasteiger partial charge in [0.1, 0.15) is 12.4 Å². The summed E-state index contributed by atoms with van der Waals surface area (Å²) in [5, 5.41) is 15.6. The predicted molar refractivity (Wildman–Crippen MR) is 127 cm³/mol. The van der Waals surface area contributed by atoms with Crippen LogP contribution in [0, 0.1) is 12.8 Å². The fourth-order valence-electron chi connectivity index (χ4n) is 4.50. The molecule has 0 aromatic carbocycles. The van der Waals surface area contributed by atoms with Gasteiger partial charge in [-0.25, -0.2) is 4.99 Å². The lowest BCUT2D eigenvalue weighted by molar-refractivity contribution is 0.160. The lowest BCUT2D eigenvalue weighted by atomic mass is 9.88. The Hall–Kier alpha value is -1.28. The molecule has 0 amide bonds. The zero-order valence-electron chi connectivity index (χ0n) is 19.2. The molecule has 0 unspecified atom stereocenters. The molecular weight excluding hydrogens is 394 g/mol. The first-order chi connectivity index (χ1) is 14.7. The van der Waals surface area contributed by atoms with Crippen molar-refractivity contribution in [2.24, 2.45) is 18.0 Å². The standard InChI is InChI=1S/C22H41N7S/c1-18-26-27-21(28(18)2)16-24-22(23-12-7-15-30-3)25-20-10-13-29(14-11-20)17-19-8-5-4-6-9-19/h19-20H,4-17H2,1-3H3,(H2,23,24,25). The Morgan fingerprint density at radius 1 is 1.13 bits per heavy atom. The number of nitrogens with one attached hydrogen (secondary N) is 2. The normalized spacial score (nSPS) is 19.9. The summed E-state index contributed by atoms with van der Waals surface area (Å²) < 4.78 is 2.01. The first-order valence-corrected chi connectivity index (χ1v) is 13.2. The van der Waals surface area contributed by atoms with E-state index in [1.807, 2.05) is 30.3 Å². The van der Waals surface area contributed by atoms with E-state index in [9.17, 15) is 0 Å². The number of aliphatic imine (C=N–C) groups is 1. The lowest BCUT2D eigenvalue weighted by Crippen LogP contribution is -2.49. The van der Waals surface area contributed by atoms with E-state index in [2.05, 4.69) is 32.0 Å². The third kappa shape index (κ3) is 7.45. The fourth-order valence-corrected chi connectivity index (χ4v) is 4.94. The average Bonchev–Trinajstić information content (AvgIpc) is 3.09. The van der Waals surface area contributed by atoms with E-state index in [1.165, 1.54) is 70.3 Å². The number of aryl methyl sites for hydroxylation is 1. The second-order valence-corrected chi connectivity index (χ2v) is 9.87. The van der Waals surface area contributed by atoms with E-state index in [4.69, 9.17) is 4.99 Å². The van der Waals surface area contributed by atoms with E-state index in [0.29, 0.717) is 12.6 Å². The van der Waals surface area contributed by atoms with Crippen LogP contribution in [-0.2, 0) is 13.6 Å². The number of nitrogens with zero attached hydrogens (tertiary/aromatic N) is 5. The Morgan fingerprint density at radius 3 is 2.57 bits per heavy atom. The maximum absolute atomic E-state index is 4.82. The van der Waals surface area contributed by atoms with Crippen molar-refractivity contribution in [1.29, 1.82) is 0 Å². The summed E-state index contributed by atoms with van der Waals surface area (Å²) in [6, 6.07) is 0.501. The number of guanidine groups is 1. The van der Waals surface area contributed by atoms with Gasteiger partial charge in [-0.1, -0.05) is 19.3 Å². The summed E-state index contributed by atoms with van der Waals surface area (Å²) in [7, 11) is 2.00. The molecule has 0 radical (unpaired) electrons. The van der Waals surface area contributed by atoms with Crippen molar-refractivity contribution in [2.45, 2.75) is 70.9 Å². The van der Waals surface area contributed by atoms with Crippen molar-refractivity contribution in [2.75, 3.05) is 38.2 Å². The number of hydrogen-bond acceptors (Lipinski definition) is 5. The number of thioether (sulfide) groups is 1. The molecule has 0 spiro atoms. The monoisotopic (exact) mass is 435 g/mol. The molecule has 2 fully saturated rings. The molecule has 2 aliphatic rings. The van der Waals surface area contributed by atoms with E-state index in [0.717, 1.165) is 36.5 Å². The van der Waals surface area contributed by atoms with Crippen molar-refractivity contribution in [3.05, 3.63) is 11.6 Å². The summed E-state index contributed by atoms with van der Waals surface area (Å²) in [6.45, 7) is 7.20. The van der Waals surface area contributed by atoms with E-state index in [-0.39, 0.29) is 0 Å². The first-order valence-electron chi connectivity index (χ1n) is 11.8. The number of aromatic nitrogens is 3. The van der Waals surface area contributed by atoms with Crippen LogP contribution < -0.4 is 10.6 Å². The maximum Gasteiger partial charge on any atom is 0.191 e. The Morgan fingerprint density at radius 2 is 1.90 bits per heavy atom. The molecular formula is C22H41N7S. The quantitative estimate of drug-likeness (QED) is 0.353. The van der Waals surface area contributed by atoms with E-state index >= 15 is 0 Å². The molecule has 0 atom stereocenters. The second kappa shape index (κ2) is 12.5. The van der Waals surface area contributed by atoms with Crippen molar-refractivity contribution >= 4 is 17.7 Å². The van der Waals surface area contributed by atoms with Gasteiger partial charge in [0.05, 0.1) is 0 Å². The summed E-state index contributed by atoms with van der Waals surface area (Å²) in [5.41, 5.74) is 0. The van der Waals surface area contributed by atoms with E-state index in [1.54, 1.807) is 0 Å². The Bertz CT molecular complexity index is 646. The van der Waals surface area contributed by atoms with Crippen LogP contribution in [0.4, 0.5) is 0 Å². The van der Waals surface area contributed by atoms with Crippen LogP contribution >= 0.6 is 11.8 Å². The van der Waals surface area contributed by atoms with Gasteiger partial charge in [-0.3, -0.25) is 0 Å². The molecule has 1 aliphatic heterocycles.